The summed E-state index contributed by atoms with van der Waals surface area (Å²) >= 11 is 0. The molecule has 0 aliphatic heterocycles. The fraction of sp³-hybridized carbons (Fsp3) is 0. The van der Waals surface area contributed by atoms with Crippen molar-refractivity contribution in [1.82, 2.24) is 19.6 Å². The van der Waals surface area contributed by atoms with Gasteiger partial charge < -0.3 is 5.73 Å². The molecule has 0 atom stereocenters. The molecular weight excluding hydrogens is 221 g/mol. The molecule has 2 aromatic heterocycles. The Morgan fingerprint density at radius 3 is 2.94 bits per heavy atom. The van der Waals surface area contributed by atoms with Crippen molar-refractivity contribution in [3.8, 4) is 11.4 Å². The predicted octanol–water partition coefficient (Wildman–Crippen LogP) is 1.51. The van der Waals surface area contributed by atoms with Gasteiger partial charge in [-0.2, -0.15) is 0 Å². The van der Waals surface area contributed by atoms with Crippen molar-refractivity contribution in [2.24, 2.45) is 0 Å². The summed E-state index contributed by atoms with van der Waals surface area (Å²) in [5.41, 5.74) is 6.89. The van der Waals surface area contributed by atoms with Crippen LogP contribution in [0.4, 0.5) is 10.1 Å². The maximum atomic E-state index is 13.4. The molecule has 2 N–H and O–H groups in total. The summed E-state index contributed by atoms with van der Waals surface area (Å²) in [5, 5.41) is 7.95. The average Bonchev–Trinajstić information content (AvgIpc) is 2.77. The van der Waals surface area contributed by atoms with Crippen LogP contribution in [0, 0.1) is 5.82 Å². The van der Waals surface area contributed by atoms with Gasteiger partial charge >= 0.3 is 0 Å². The van der Waals surface area contributed by atoms with Gasteiger partial charge in [0.2, 0.25) is 0 Å². The number of aromatic nitrogens is 4. The third-order valence-corrected chi connectivity index (χ3v) is 2.51. The number of nitrogen functional groups attached to an aromatic ring is 1. The quantitative estimate of drug-likeness (QED) is 0.642. The van der Waals surface area contributed by atoms with Crippen molar-refractivity contribution in [1.29, 1.82) is 0 Å². The van der Waals surface area contributed by atoms with E-state index >= 15 is 0 Å². The highest BCUT2D eigenvalue weighted by Gasteiger charge is 2.12. The van der Waals surface area contributed by atoms with Gasteiger partial charge in [-0.1, -0.05) is 6.07 Å². The van der Waals surface area contributed by atoms with E-state index in [9.17, 15) is 4.39 Å². The number of rotatable bonds is 1. The van der Waals surface area contributed by atoms with Crippen LogP contribution in [0.5, 0.6) is 0 Å². The van der Waals surface area contributed by atoms with Crippen LogP contribution in [0.1, 0.15) is 0 Å². The van der Waals surface area contributed by atoms with Gasteiger partial charge in [-0.15, -0.1) is 10.2 Å². The Labute approximate surface area is 95.7 Å². The molecule has 0 radical (unpaired) electrons. The molecule has 0 bridgehead atoms. The number of anilines is 1. The highest BCUT2D eigenvalue weighted by Crippen LogP contribution is 2.26. The zero-order valence-electron chi connectivity index (χ0n) is 8.71. The summed E-state index contributed by atoms with van der Waals surface area (Å²) in [7, 11) is 0. The summed E-state index contributed by atoms with van der Waals surface area (Å²) in [6.45, 7) is 0. The molecule has 0 saturated carbocycles. The lowest BCUT2D eigenvalue weighted by Crippen LogP contribution is -1.97. The lowest BCUT2D eigenvalue weighted by Gasteiger charge is -2.04. The topological polar surface area (TPSA) is 69.1 Å². The van der Waals surface area contributed by atoms with Crippen LogP contribution in [0.15, 0.2) is 36.8 Å². The normalized spacial score (nSPS) is 10.9. The SMILES string of the molecule is Nc1c(F)cccc1-c1nnc2ccncn12. The molecule has 17 heavy (non-hydrogen) atoms. The standard InChI is InChI=1S/C11H8FN5/c12-8-3-1-2-7(10(8)13)11-16-15-9-4-5-14-6-17(9)11/h1-6H,13H2. The van der Waals surface area contributed by atoms with Crippen molar-refractivity contribution in [3.63, 3.8) is 0 Å². The molecule has 0 aliphatic rings. The maximum Gasteiger partial charge on any atom is 0.171 e. The first kappa shape index (κ1) is 9.71. The molecule has 0 saturated heterocycles. The van der Waals surface area contributed by atoms with Gasteiger partial charge in [0.1, 0.15) is 12.1 Å². The summed E-state index contributed by atoms with van der Waals surface area (Å²) in [4.78, 5) is 3.97. The Morgan fingerprint density at radius 1 is 1.18 bits per heavy atom. The van der Waals surface area contributed by atoms with Gasteiger partial charge in [0.25, 0.3) is 0 Å². The predicted molar refractivity (Wildman–Crippen MR) is 60.6 cm³/mol. The van der Waals surface area contributed by atoms with Crippen LogP contribution in [-0.2, 0) is 0 Å². The maximum absolute atomic E-state index is 13.4. The Hall–Kier alpha value is -2.50. The molecule has 2 heterocycles. The van der Waals surface area contributed by atoms with Crippen LogP contribution in [0.2, 0.25) is 0 Å². The molecular formula is C11H8FN5. The minimum Gasteiger partial charge on any atom is -0.396 e. The Kier molecular flexibility index (Phi) is 2.01. The van der Waals surface area contributed by atoms with Crippen LogP contribution in [0.3, 0.4) is 0 Å². The third-order valence-electron chi connectivity index (χ3n) is 2.51. The Bertz CT molecular complexity index is 691. The number of halogens is 1. The summed E-state index contributed by atoms with van der Waals surface area (Å²) in [5.74, 6) is 0.00763. The van der Waals surface area contributed by atoms with E-state index in [1.807, 2.05) is 0 Å². The molecule has 1 aromatic carbocycles. The second-order valence-corrected chi connectivity index (χ2v) is 3.53. The first-order valence-corrected chi connectivity index (χ1v) is 4.96. The van der Waals surface area contributed by atoms with E-state index in [1.165, 1.54) is 6.07 Å². The number of nitrogens with zero attached hydrogens (tertiary/aromatic N) is 4. The van der Waals surface area contributed by atoms with Crippen molar-refractivity contribution in [2.45, 2.75) is 0 Å². The van der Waals surface area contributed by atoms with Crippen molar-refractivity contribution in [3.05, 3.63) is 42.6 Å². The van der Waals surface area contributed by atoms with Gasteiger partial charge in [0.05, 0.1) is 5.69 Å². The van der Waals surface area contributed by atoms with Crippen molar-refractivity contribution >= 4 is 11.3 Å². The third kappa shape index (κ3) is 1.42. The van der Waals surface area contributed by atoms with Gasteiger partial charge in [-0.05, 0) is 12.1 Å². The highest BCUT2D eigenvalue weighted by molar-refractivity contribution is 5.73. The molecule has 84 valence electrons. The lowest BCUT2D eigenvalue weighted by atomic mass is 10.1. The average molecular weight is 229 g/mol. The van der Waals surface area contributed by atoms with E-state index in [-0.39, 0.29) is 5.69 Å². The molecule has 0 spiro atoms. The van der Waals surface area contributed by atoms with Gasteiger partial charge in [-0.25, -0.2) is 9.37 Å². The van der Waals surface area contributed by atoms with E-state index < -0.39 is 5.82 Å². The molecule has 0 fully saturated rings. The van der Waals surface area contributed by atoms with Crippen LogP contribution >= 0.6 is 0 Å². The Morgan fingerprint density at radius 2 is 2.06 bits per heavy atom. The minimum atomic E-state index is -0.469. The van der Waals surface area contributed by atoms with Gasteiger partial charge in [-0.3, -0.25) is 4.40 Å². The Balaban J connectivity index is 2.31. The number of hydrogen-bond acceptors (Lipinski definition) is 4. The van der Waals surface area contributed by atoms with E-state index in [0.29, 0.717) is 17.0 Å². The highest BCUT2D eigenvalue weighted by atomic mass is 19.1. The second-order valence-electron chi connectivity index (χ2n) is 3.53. The molecule has 3 rings (SSSR count). The molecule has 0 amide bonds. The minimum absolute atomic E-state index is 0.0608. The van der Waals surface area contributed by atoms with E-state index in [0.717, 1.165) is 0 Å². The smallest absolute Gasteiger partial charge is 0.171 e. The van der Waals surface area contributed by atoms with E-state index in [4.69, 9.17) is 5.73 Å². The van der Waals surface area contributed by atoms with Crippen LogP contribution in [0.25, 0.3) is 17.0 Å². The zero-order chi connectivity index (χ0) is 11.8. The largest absolute Gasteiger partial charge is 0.396 e. The van der Waals surface area contributed by atoms with Gasteiger partial charge in [0, 0.05) is 17.8 Å². The number of para-hydroxylation sites is 1. The van der Waals surface area contributed by atoms with Crippen LogP contribution in [-0.4, -0.2) is 19.6 Å². The van der Waals surface area contributed by atoms with E-state index in [1.54, 1.807) is 35.1 Å². The fourth-order valence-electron chi connectivity index (χ4n) is 1.66. The van der Waals surface area contributed by atoms with Gasteiger partial charge in [0.15, 0.2) is 11.5 Å². The summed E-state index contributed by atoms with van der Waals surface area (Å²) < 4.78 is 15.0. The molecule has 6 heteroatoms. The second kappa shape index (κ2) is 3.51. The molecule has 0 aliphatic carbocycles. The first-order valence-electron chi connectivity index (χ1n) is 4.96. The first-order chi connectivity index (χ1) is 8.27. The monoisotopic (exact) mass is 229 g/mol. The molecule has 5 nitrogen and oxygen atoms in total. The fourth-order valence-corrected chi connectivity index (χ4v) is 1.66. The number of fused-ring (bicyclic) bond motifs is 1. The number of nitrogens with two attached hydrogens (primary N) is 1. The van der Waals surface area contributed by atoms with Crippen molar-refractivity contribution < 1.29 is 4.39 Å². The zero-order valence-corrected chi connectivity index (χ0v) is 8.71. The van der Waals surface area contributed by atoms with Crippen molar-refractivity contribution in [2.75, 3.05) is 5.73 Å². The molecule has 3 aromatic rings. The van der Waals surface area contributed by atoms with E-state index in [2.05, 4.69) is 15.2 Å². The number of benzene rings is 1. The van der Waals surface area contributed by atoms with Crippen LogP contribution < -0.4 is 5.73 Å². The lowest BCUT2D eigenvalue weighted by molar-refractivity contribution is 0.633. The summed E-state index contributed by atoms with van der Waals surface area (Å²) in [6, 6.07) is 6.30. The summed E-state index contributed by atoms with van der Waals surface area (Å²) in [6.07, 6.45) is 3.18. The molecule has 0 unspecified atom stereocenters. The number of hydrogen-bond donors (Lipinski definition) is 1.